The zero-order chi connectivity index (χ0) is 14.4. The highest BCUT2D eigenvalue weighted by Gasteiger charge is 2.20. The maximum atomic E-state index is 12.0. The van der Waals surface area contributed by atoms with Gasteiger partial charge in [-0.1, -0.05) is 6.92 Å². The van der Waals surface area contributed by atoms with Gasteiger partial charge in [0.15, 0.2) is 5.69 Å². The second kappa shape index (κ2) is 6.83. The highest BCUT2D eigenvalue weighted by molar-refractivity contribution is 5.92. The van der Waals surface area contributed by atoms with Gasteiger partial charge in [-0.3, -0.25) is 9.59 Å². The van der Waals surface area contributed by atoms with Gasteiger partial charge in [-0.15, -0.1) is 10.2 Å². The molecular formula is C13H19N5O2. The fourth-order valence-electron chi connectivity index (χ4n) is 1.92. The van der Waals surface area contributed by atoms with E-state index in [0.717, 1.165) is 13.0 Å². The third kappa shape index (κ3) is 3.91. The number of piperidine rings is 1. The molecule has 2 amide bonds. The van der Waals surface area contributed by atoms with Crippen molar-refractivity contribution < 1.29 is 9.59 Å². The Morgan fingerprint density at radius 2 is 2.30 bits per heavy atom. The summed E-state index contributed by atoms with van der Waals surface area (Å²) in [6.45, 7) is 3.35. The standard InChI is InChI=1S/C13H19N5O2/c1-2-7-14-11-5-4-10(17-18-11)13(20)16-9-3-6-12(19)15-8-9/h4-5,9H,2-3,6-8H2,1H3,(H,14,18)(H,15,19)(H,16,20). The van der Waals surface area contributed by atoms with Crippen LogP contribution >= 0.6 is 0 Å². The molecule has 0 bridgehead atoms. The Bertz CT molecular complexity index is 464. The van der Waals surface area contributed by atoms with Gasteiger partial charge in [-0.2, -0.15) is 0 Å². The van der Waals surface area contributed by atoms with Crippen molar-refractivity contribution in [1.29, 1.82) is 0 Å². The van der Waals surface area contributed by atoms with E-state index in [2.05, 4.69) is 33.1 Å². The van der Waals surface area contributed by atoms with Gasteiger partial charge in [0.1, 0.15) is 5.82 Å². The highest BCUT2D eigenvalue weighted by atomic mass is 16.2. The van der Waals surface area contributed by atoms with Gasteiger partial charge < -0.3 is 16.0 Å². The molecule has 1 unspecified atom stereocenters. The van der Waals surface area contributed by atoms with Gasteiger partial charge in [0.2, 0.25) is 5.91 Å². The van der Waals surface area contributed by atoms with Crippen molar-refractivity contribution >= 4 is 17.6 Å². The van der Waals surface area contributed by atoms with Crippen LogP contribution in [0.25, 0.3) is 0 Å². The minimum Gasteiger partial charge on any atom is -0.369 e. The quantitative estimate of drug-likeness (QED) is 0.719. The van der Waals surface area contributed by atoms with Crippen LogP contribution in [0.4, 0.5) is 5.82 Å². The van der Waals surface area contributed by atoms with Gasteiger partial charge in [0, 0.05) is 25.6 Å². The van der Waals surface area contributed by atoms with Crippen LogP contribution in [0.1, 0.15) is 36.7 Å². The third-order valence-corrected chi connectivity index (χ3v) is 3.05. The largest absolute Gasteiger partial charge is 0.369 e. The molecule has 1 aromatic rings. The number of anilines is 1. The van der Waals surface area contributed by atoms with Crippen molar-refractivity contribution in [2.75, 3.05) is 18.4 Å². The Labute approximate surface area is 117 Å². The molecular weight excluding hydrogens is 258 g/mol. The third-order valence-electron chi connectivity index (χ3n) is 3.05. The number of nitrogens with one attached hydrogen (secondary N) is 3. The van der Waals surface area contributed by atoms with Gasteiger partial charge in [0.05, 0.1) is 0 Å². The van der Waals surface area contributed by atoms with E-state index in [4.69, 9.17) is 0 Å². The minimum atomic E-state index is -0.263. The summed E-state index contributed by atoms with van der Waals surface area (Å²) >= 11 is 0. The van der Waals surface area contributed by atoms with Crippen molar-refractivity contribution in [3.8, 4) is 0 Å². The number of rotatable bonds is 5. The lowest BCUT2D eigenvalue weighted by atomic mass is 10.1. The molecule has 108 valence electrons. The lowest BCUT2D eigenvalue weighted by Gasteiger charge is -2.23. The molecule has 0 saturated carbocycles. The summed E-state index contributed by atoms with van der Waals surface area (Å²) in [7, 11) is 0. The SMILES string of the molecule is CCCNc1ccc(C(=O)NC2CCC(=O)NC2)nn1. The number of hydrogen-bond donors (Lipinski definition) is 3. The Kier molecular flexibility index (Phi) is 4.86. The summed E-state index contributed by atoms with van der Waals surface area (Å²) in [5, 5.41) is 16.5. The van der Waals surface area contributed by atoms with Gasteiger partial charge in [-0.05, 0) is 25.0 Å². The van der Waals surface area contributed by atoms with Gasteiger partial charge in [0.25, 0.3) is 5.91 Å². The first-order valence-electron chi connectivity index (χ1n) is 6.84. The maximum absolute atomic E-state index is 12.0. The smallest absolute Gasteiger partial charge is 0.272 e. The number of hydrogen-bond acceptors (Lipinski definition) is 5. The van der Waals surface area contributed by atoms with Crippen LogP contribution in [-0.4, -0.2) is 41.1 Å². The molecule has 3 N–H and O–H groups in total. The Hall–Kier alpha value is -2.18. The molecule has 0 spiro atoms. The van der Waals surface area contributed by atoms with Crippen molar-refractivity contribution in [3.05, 3.63) is 17.8 Å². The lowest BCUT2D eigenvalue weighted by Crippen LogP contribution is -2.47. The van der Waals surface area contributed by atoms with Crippen molar-refractivity contribution in [3.63, 3.8) is 0 Å². The van der Waals surface area contributed by atoms with Gasteiger partial charge in [-0.25, -0.2) is 0 Å². The normalized spacial score (nSPS) is 18.2. The summed E-state index contributed by atoms with van der Waals surface area (Å²) in [4.78, 5) is 23.0. The number of nitrogens with zero attached hydrogens (tertiary/aromatic N) is 2. The molecule has 1 fully saturated rings. The summed E-state index contributed by atoms with van der Waals surface area (Å²) in [6, 6.07) is 3.34. The second-order valence-electron chi connectivity index (χ2n) is 4.74. The monoisotopic (exact) mass is 277 g/mol. The zero-order valence-electron chi connectivity index (χ0n) is 11.5. The van der Waals surface area contributed by atoms with E-state index in [-0.39, 0.29) is 23.6 Å². The van der Waals surface area contributed by atoms with Crippen molar-refractivity contribution in [1.82, 2.24) is 20.8 Å². The molecule has 2 heterocycles. The fourth-order valence-corrected chi connectivity index (χ4v) is 1.92. The molecule has 0 radical (unpaired) electrons. The van der Waals surface area contributed by atoms with Crippen LogP contribution in [0, 0.1) is 0 Å². The summed E-state index contributed by atoms with van der Waals surface area (Å²) in [5.41, 5.74) is 0.281. The summed E-state index contributed by atoms with van der Waals surface area (Å²) in [5.74, 6) is 0.427. The molecule has 1 aliphatic rings. The number of carbonyl (C=O) groups is 2. The Morgan fingerprint density at radius 1 is 1.45 bits per heavy atom. The van der Waals surface area contributed by atoms with E-state index >= 15 is 0 Å². The van der Waals surface area contributed by atoms with Gasteiger partial charge >= 0.3 is 0 Å². The van der Waals surface area contributed by atoms with Crippen LogP contribution in [0.2, 0.25) is 0 Å². The van der Waals surface area contributed by atoms with Crippen LogP contribution in [-0.2, 0) is 4.79 Å². The minimum absolute atomic E-state index is 0.0293. The first-order chi connectivity index (χ1) is 9.69. The average Bonchev–Trinajstić information content (AvgIpc) is 2.48. The van der Waals surface area contributed by atoms with Crippen LogP contribution in [0.15, 0.2) is 12.1 Å². The molecule has 1 saturated heterocycles. The predicted octanol–water partition coefficient (Wildman–Crippen LogP) is 0.307. The first-order valence-corrected chi connectivity index (χ1v) is 6.84. The molecule has 7 nitrogen and oxygen atoms in total. The molecule has 1 aromatic heterocycles. The van der Waals surface area contributed by atoms with E-state index < -0.39 is 0 Å². The first kappa shape index (κ1) is 14.2. The molecule has 7 heteroatoms. The molecule has 20 heavy (non-hydrogen) atoms. The van der Waals surface area contributed by atoms with E-state index in [1.807, 2.05) is 0 Å². The van der Waals surface area contributed by atoms with E-state index in [0.29, 0.717) is 25.2 Å². The van der Waals surface area contributed by atoms with Crippen LogP contribution < -0.4 is 16.0 Å². The second-order valence-corrected chi connectivity index (χ2v) is 4.74. The van der Waals surface area contributed by atoms with E-state index in [1.54, 1.807) is 12.1 Å². The molecule has 0 aliphatic carbocycles. The Balaban J connectivity index is 1.87. The van der Waals surface area contributed by atoms with Crippen molar-refractivity contribution in [2.24, 2.45) is 0 Å². The number of aromatic nitrogens is 2. The zero-order valence-corrected chi connectivity index (χ0v) is 11.5. The molecule has 2 rings (SSSR count). The summed E-state index contributed by atoms with van der Waals surface area (Å²) in [6.07, 6.45) is 2.09. The lowest BCUT2D eigenvalue weighted by molar-refractivity contribution is -0.122. The highest BCUT2D eigenvalue weighted by Crippen LogP contribution is 2.05. The molecule has 0 aromatic carbocycles. The molecule has 1 atom stereocenters. The predicted molar refractivity (Wildman–Crippen MR) is 74.3 cm³/mol. The topological polar surface area (TPSA) is 96.0 Å². The fraction of sp³-hybridized carbons (Fsp3) is 0.538. The average molecular weight is 277 g/mol. The van der Waals surface area contributed by atoms with Crippen LogP contribution in [0.3, 0.4) is 0 Å². The number of amides is 2. The summed E-state index contributed by atoms with van der Waals surface area (Å²) < 4.78 is 0. The van der Waals surface area contributed by atoms with Crippen molar-refractivity contribution in [2.45, 2.75) is 32.2 Å². The molecule has 1 aliphatic heterocycles. The van der Waals surface area contributed by atoms with E-state index in [1.165, 1.54) is 0 Å². The Morgan fingerprint density at radius 3 is 2.90 bits per heavy atom. The van der Waals surface area contributed by atoms with Crippen LogP contribution in [0.5, 0.6) is 0 Å². The maximum Gasteiger partial charge on any atom is 0.272 e. The van der Waals surface area contributed by atoms with E-state index in [9.17, 15) is 9.59 Å². The number of carbonyl (C=O) groups excluding carboxylic acids is 2.